The van der Waals surface area contributed by atoms with E-state index < -0.39 is 0 Å². The van der Waals surface area contributed by atoms with Gasteiger partial charge in [0.15, 0.2) is 0 Å². The monoisotopic (exact) mass is 236 g/mol. The van der Waals surface area contributed by atoms with Gasteiger partial charge in [-0.3, -0.25) is 0 Å². The molecule has 0 aliphatic heterocycles. The highest BCUT2D eigenvalue weighted by atomic mass is 35.5. The second-order valence-electron chi connectivity index (χ2n) is 4.03. The van der Waals surface area contributed by atoms with Crippen molar-refractivity contribution >= 4 is 22.5 Å². The van der Waals surface area contributed by atoms with Crippen LogP contribution in [0.3, 0.4) is 0 Å². The summed E-state index contributed by atoms with van der Waals surface area (Å²) in [4.78, 5) is 0. The Kier molecular flexibility index (Phi) is 3.52. The quantitative estimate of drug-likeness (QED) is 0.808. The Bertz CT molecular complexity index is 476. The van der Waals surface area contributed by atoms with Gasteiger partial charge < -0.3 is 9.88 Å². The Morgan fingerprint density at radius 1 is 1.38 bits per heavy atom. The van der Waals surface area contributed by atoms with Gasteiger partial charge in [0.25, 0.3) is 0 Å². The van der Waals surface area contributed by atoms with Crippen LogP contribution in [0.4, 0.5) is 0 Å². The summed E-state index contributed by atoms with van der Waals surface area (Å²) < 4.78 is 2.17. The molecule has 2 rings (SSSR count). The highest BCUT2D eigenvalue weighted by Crippen LogP contribution is 2.27. The molecule has 3 heteroatoms. The average Bonchev–Trinajstić information content (AvgIpc) is 2.65. The summed E-state index contributed by atoms with van der Waals surface area (Å²) >= 11 is 5.84. The molecule has 1 aromatic heterocycles. The third-order valence-corrected chi connectivity index (χ3v) is 3.27. The molecule has 2 nitrogen and oxygen atoms in total. The minimum absolute atomic E-state index is 0.337. The Morgan fingerprint density at radius 3 is 2.81 bits per heavy atom. The SMILES string of the molecule is CNC(CCCl)c1cn(C)c2ccccc12. The first-order chi connectivity index (χ1) is 7.77. The Morgan fingerprint density at radius 2 is 2.12 bits per heavy atom. The highest BCUT2D eigenvalue weighted by Gasteiger charge is 2.14. The minimum Gasteiger partial charge on any atom is -0.350 e. The molecule has 0 aliphatic carbocycles. The van der Waals surface area contributed by atoms with Crippen LogP contribution in [0, 0.1) is 0 Å². The van der Waals surface area contributed by atoms with Crippen molar-refractivity contribution in [2.75, 3.05) is 12.9 Å². The Balaban J connectivity index is 2.51. The van der Waals surface area contributed by atoms with Crippen LogP contribution in [-0.2, 0) is 7.05 Å². The number of rotatable bonds is 4. The van der Waals surface area contributed by atoms with Gasteiger partial charge in [0.2, 0.25) is 0 Å². The van der Waals surface area contributed by atoms with Crippen molar-refractivity contribution in [3.8, 4) is 0 Å². The van der Waals surface area contributed by atoms with Crippen molar-refractivity contribution in [1.82, 2.24) is 9.88 Å². The molecule has 86 valence electrons. The lowest BCUT2D eigenvalue weighted by Gasteiger charge is -2.13. The fraction of sp³-hybridized carbons (Fsp3) is 0.385. The second kappa shape index (κ2) is 4.89. The van der Waals surface area contributed by atoms with Crippen molar-refractivity contribution in [3.63, 3.8) is 0 Å². The molecule has 0 fully saturated rings. The van der Waals surface area contributed by atoms with Gasteiger partial charge in [-0.1, -0.05) is 18.2 Å². The lowest BCUT2D eigenvalue weighted by atomic mass is 10.0. The number of nitrogens with one attached hydrogen (secondary N) is 1. The number of fused-ring (bicyclic) bond motifs is 1. The third kappa shape index (κ3) is 1.95. The molecular formula is C13H17ClN2. The van der Waals surface area contributed by atoms with Crippen LogP contribution in [0.15, 0.2) is 30.5 Å². The summed E-state index contributed by atoms with van der Waals surface area (Å²) in [6.07, 6.45) is 3.14. The van der Waals surface area contributed by atoms with Gasteiger partial charge in [-0.2, -0.15) is 0 Å². The number of alkyl halides is 1. The minimum atomic E-state index is 0.337. The van der Waals surface area contributed by atoms with Gasteiger partial charge in [0, 0.05) is 36.1 Å². The molecule has 0 bridgehead atoms. The van der Waals surface area contributed by atoms with Crippen LogP contribution in [0.1, 0.15) is 18.0 Å². The first-order valence-corrected chi connectivity index (χ1v) is 6.08. The largest absolute Gasteiger partial charge is 0.350 e. The number of hydrogen-bond donors (Lipinski definition) is 1. The zero-order valence-electron chi connectivity index (χ0n) is 9.70. The number of halogens is 1. The summed E-state index contributed by atoms with van der Waals surface area (Å²) in [5, 5.41) is 4.64. The molecular weight excluding hydrogens is 220 g/mol. The van der Waals surface area contributed by atoms with Gasteiger partial charge in [0.05, 0.1) is 0 Å². The molecule has 1 heterocycles. The van der Waals surface area contributed by atoms with Gasteiger partial charge in [-0.05, 0) is 25.1 Å². The molecule has 0 saturated carbocycles. The van der Waals surface area contributed by atoms with Crippen molar-refractivity contribution in [3.05, 3.63) is 36.0 Å². The average molecular weight is 237 g/mol. The molecule has 0 aliphatic rings. The van der Waals surface area contributed by atoms with Crippen LogP contribution in [0.25, 0.3) is 10.9 Å². The Hall–Kier alpha value is -0.990. The number of aryl methyl sites for hydroxylation is 1. The van der Waals surface area contributed by atoms with Crippen molar-refractivity contribution in [2.24, 2.45) is 7.05 Å². The van der Waals surface area contributed by atoms with Gasteiger partial charge >= 0.3 is 0 Å². The van der Waals surface area contributed by atoms with E-state index in [1.165, 1.54) is 16.5 Å². The first kappa shape index (κ1) is 11.5. The standard InChI is InChI=1S/C13H17ClN2/c1-15-12(7-8-14)11-9-16(2)13-6-4-3-5-10(11)13/h3-6,9,12,15H,7-8H2,1-2H3. The zero-order valence-corrected chi connectivity index (χ0v) is 10.5. The predicted molar refractivity (Wildman–Crippen MR) is 70.1 cm³/mol. The van der Waals surface area contributed by atoms with E-state index in [1.807, 2.05) is 7.05 Å². The van der Waals surface area contributed by atoms with Crippen LogP contribution >= 0.6 is 11.6 Å². The van der Waals surface area contributed by atoms with Crippen molar-refractivity contribution < 1.29 is 0 Å². The topological polar surface area (TPSA) is 17.0 Å². The van der Waals surface area contributed by atoms with E-state index in [4.69, 9.17) is 11.6 Å². The van der Waals surface area contributed by atoms with Gasteiger partial charge in [-0.15, -0.1) is 11.6 Å². The van der Waals surface area contributed by atoms with E-state index in [0.717, 1.165) is 6.42 Å². The molecule has 1 atom stereocenters. The fourth-order valence-electron chi connectivity index (χ4n) is 2.22. The maximum absolute atomic E-state index is 5.84. The van der Waals surface area contributed by atoms with E-state index in [-0.39, 0.29) is 0 Å². The summed E-state index contributed by atoms with van der Waals surface area (Å²) in [5.41, 5.74) is 2.61. The maximum Gasteiger partial charge on any atom is 0.0481 e. The van der Waals surface area contributed by atoms with Gasteiger partial charge in [0.1, 0.15) is 0 Å². The zero-order chi connectivity index (χ0) is 11.5. The third-order valence-electron chi connectivity index (χ3n) is 3.05. The number of hydrogen-bond acceptors (Lipinski definition) is 1. The number of para-hydroxylation sites is 1. The number of nitrogens with zero attached hydrogens (tertiary/aromatic N) is 1. The van der Waals surface area contributed by atoms with Crippen LogP contribution in [0.5, 0.6) is 0 Å². The molecule has 0 saturated heterocycles. The van der Waals surface area contributed by atoms with E-state index in [2.05, 4.69) is 47.4 Å². The van der Waals surface area contributed by atoms with Crippen LogP contribution < -0.4 is 5.32 Å². The normalized spacial score (nSPS) is 13.2. The fourth-order valence-corrected chi connectivity index (χ4v) is 2.43. The Labute approximate surface area is 101 Å². The summed E-state index contributed by atoms with van der Waals surface area (Å²) in [6.45, 7) is 0. The smallest absolute Gasteiger partial charge is 0.0481 e. The van der Waals surface area contributed by atoms with Crippen LogP contribution in [-0.4, -0.2) is 17.5 Å². The van der Waals surface area contributed by atoms with E-state index in [1.54, 1.807) is 0 Å². The molecule has 0 amide bonds. The summed E-state index contributed by atoms with van der Waals surface area (Å²) in [6, 6.07) is 8.81. The lowest BCUT2D eigenvalue weighted by Crippen LogP contribution is -2.16. The summed E-state index contributed by atoms with van der Waals surface area (Å²) in [7, 11) is 4.07. The highest BCUT2D eigenvalue weighted by molar-refractivity contribution is 6.17. The molecule has 1 unspecified atom stereocenters. The maximum atomic E-state index is 5.84. The second-order valence-corrected chi connectivity index (χ2v) is 4.41. The molecule has 16 heavy (non-hydrogen) atoms. The van der Waals surface area contributed by atoms with E-state index >= 15 is 0 Å². The van der Waals surface area contributed by atoms with Gasteiger partial charge in [-0.25, -0.2) is 0 Å². The van der Waals surface area contributed by atoms with Crippen molar-refractivity contribution in [2.45, 2.75) is 12.5 Å². The molecule has 1 N–H and O–H groups in total. The van der Waals surface area contributed by atoms with Crippen molar-refractivity contribution in [1.29, 1.82) is 0 Å². The lowest BCUT2D eigenvalue weighted by molar-refractivity contribution is 0.582. The molecule has 1 aromatic carbocycles. The first-order valence-electron chi connectivity index (χ1n) is 5.55. The summed E-state index contributed by atoms with van der Waals surface area (Å²) in [5.74, 6) is 0.675. The number of aromatic nitrogens is 1. The van der Waals surface area contributed by atoms with Crippen LogP contribution in [0.2, 0.25) is 0 Å². The van der Waals surface area contributed by atoms with E-state index in [0.29, 0.717) is 11.9 Å². The predicted octanol–water partition coefficient (Wildman–Crippen LogP) is 3.07. The van der Waals surface area contributed by atoms with E-state index in [9.17, 15) is 0 Å². The molecule has 0 spiro atoms. The molecule has 0 radical (unpaired) electrons. The number of benzene rings is 1. The molecule has 2 aromatic rings.